The van der Waals surface area contributed by atoms with E-state index in [0.717, 1.165) is 22.6 Å². The molecule has 2 N–H and O–H groups in total. The van der Waals surface area contributed by atoms with Gasteiger partial charge in [0.1, 0.15) is 0 Å². The Morgan fingerprint density at radius 2 is 2.21 bits per heavy atom. The number of carbonyl (C=O) groups excluding carboxylic acids is 1. The minimum atomic E-state index is 0.669. The summed E-state index contributed by atoms with van der Waals surface area (Å²) in [4.78, 5) is 14.6. The molecule has 0 aliphatic rings. The number of aryl methyl sites for hydroxylation is 1. The lowest BCUT2D eigenvalue weighted by Gasteiger charge is -2.10. The number of hydrogen-bond donors (Lipinski definition) is 1. The van der Waals surface area contributed by atoms with Gasteiger partial charge in [-0.2, -0.15) is 0 Å². The Labute approximate surface area is 119 Å². The Kier molecular flexibility index (Phi) is 6.22. The number of amides is 1. The molecular formula is C15H20N2OS. The number of anilines is 1. The van der Waals surface area contributed by atoms with Gasteiger partial charge < -0.3 is 10.6 Å². The molecule has 0 radical (unpaired) electrons. The lowest BCUT2D eigenvalue weighted by atomic mass is 10.2. The van der Waals surface area contributed by atoms with Gasteiger partial charge in [-0.3, -0.25) is 4.79 Å². The first-order chi connectivity index (χ1) is 9.10. The molecule has 3 nitrogen and oxygen atoms in total. The number of rotatable bonds is 6. The summed E-state index contributed by atoms with van der Waals surface area (Å²) >= 11 is 1.66. The quantitative estimate of drug-likeness (QED) is 0.374. The molecule has 1 aromatic rings. The lowest BCUT2D eigenvalue weighted by Crippen LogP contribution is -2.13. The van der Waals surface area contributed by atoms with Crippen molar-refractivity contribution in [3.05, 3.63) is 47.0 Å². The number of nitrogen functional groups attached to an aromatic ring is 1. The Morgan fingerprint density at radius 1 is 1.47 bits per heavy atom. The van der Waals surface area contributed by atoms with Crippen molar-refractivity contribution in [3.8, 4) is 0 Å². The summed E-state index contributed by atoms with van der Waals surface area (Å²) in [7, 11) is 0. The highest BCUT2D eigenvalue weighted by Gasteiger charge is 2.02. The average molecular weight is 276 g/mol. The second kappa shape index (κ2) is 7.69. The van der Waals surface area contributed by atoms with E-state index in [1.165, 1.54) is 4.90 Å². The van der Waals surface area contributed by atoms with Crippen LogP contribution in [0.3, 0.4) is 0 Å². The third kappa shape index (κ3) is 4.83. The fourth-order valence-corrected chi connectivity index (χ4v) is 2.34. The molecular weight excluding hydrogens is 256 g/mol. The first-order valence-corrected chi connectivity index (χ1v) is 7.01. The summed E-state index contributed by atoms with van der Waals surface area (Å²) in [6.45, 7) is 6.63. The first-order valence-electron chi connectivity index (χ1n) is 6.20. The predicted molar refractivity (Wildman–Crippen MR) is 82.8 cm³/mol. The van der Waals surface area contributed by atoms with Gasteiger partial charge in [0, 0.05) is 28.2 Å². The molecule has 4 heteroatoms. The van der Waals surface area contributed by atoms with Crippen LogP contribution >= 0.6 is 11.8 Å². The van der Waals surface area contributed by atoms with Gasteiger partial charge in [0.2, 0.25) is 6.41 Å². The van der Waals surface area contributed by atoms with Crippen LogP contribution in [0.4, 0.5) is 5.69 Å². The van der Waals surface area contributed by atoms with Gasteiger partial charge in [-0.1, -0.05) is 17.8 Å². The molecule has 1 aromatic carbocycles. The van der Waals surface area contributed by atoms with Crippen molar-refractivity contribution in [1.29, 1.82) is 0 Å². The maximum Gasteiger partial charge on any atom is 0.213 e. The Balaban J connectivity index is 2.80. The monoisotopic (exact) mass is 276 g/mol. The maximum absolute atomic E-state index is 10.7. The molecule has 0 heterocycles. The van der Waals surface area contributed by atoms with Crippen LogP contribution in [0.25, 0.3) is 0 Å². The van der Waals surface area contributed by atoms with Crippen LogP contribution in [0.2, 0.25) is 0 Å². The van der Waals surface area contributed by atoms with E-state index in [1.807, 2.05) is 51.1 Å². The molecule has 0 aliphatic heterocycles. The third-order valence-electron chi connectivity index (χ3n) is 2.64. The summed E-state index contributed by atoms with van der Waals surface area (Å²) in [6, 6.07) is 5.88. The van der Waals surface area contributed by atoms with Crippen LogP contribution in [0.5, 0.6) is 0 Å². The topological polar surface area (TPSA) is 46.3 Å². The van der Waals surface area contributed by atoms with E-state index >= 15 is 0 Å². The van der Waals surface area contributed by atoms with Gasteiger partial charge in [0.15, 0.2) is 0 Å². The van der Waals surface area contributed by atoms with E-state index in [2.05, 4.69) is 0 Å². The van der Waals surface area contributed by atoms with E-state index in [0.29, 0.717) is 6.54 Å². The number of benzene rings is 1. The summed E-state index contributed by atoms with van der Waals surface area (Å²) < 4.78 is 0. The maximum atomic E-state index is 10.7. The number of carbonyl (C=O) groups is 1. The summed E-state index contributed by atoms with van der Waals surface area (Å²) in [5.74, 6) is 0. The van der Waals surface area contributed by atoms with Crippen molar-refractivity contribution in [2.75, 3.05) is 12.3 Å². The highest BCUT2D eigenvalue weighted by molar-refractivity contribution is 8.03. The van der Waals surface area contributed by atoms with Crippen molar-refractivity contribution in [2.24, 2.45) is 0 Å². The number of allylic oxidation sites excluding steroid dienone is 2. The molecule has 0 atom stereocenters. The van der Waals surface area contributed by atoms with Crippen LogP contribution in [-0.4, -0.2) is 17.9 Å². The van der Waals surface area contributed by atoms with Gasteiger partial charge in [0.05, 0.1) is 0 Å². The molecule has 0 spiro atoms. The van der Waals surface area contributed by atoms with Crippen LogP contribution in [0.15, 0.2) is 46.4 Å². The zero-order valence-corrected chi connectivity index (χ0v) is 12.4. The summed E-state index contributed by atoms with van der Waals surface area (Å²) in [5.41, 5.74) is 7.67. The molecule has 1 rings (SSSR count). The minimum absolute atomic E-state index is 0.669. The molecule has 1 amide bonds. The second-order valence-electron chi connectivity index (χ2n) is 4.07. The molecule has 0 fully saturated rings. The first kappa shape index (κ1) is 15.4. The highest BCUT2D eigenvalue weighted by atomic mass is 32.2. The van der Waals surface area contributed by atoms with Gasteiger partial charge in [0.25, 0.3) is 0 Å². The van der Waals surface area contributed by atoms with Crippen molar-refractivity contribution in [2.45, 2.75) is 25.7 Å². The molecule has 0 saturated carbocycles. The Bertz CT molecular complexity index is 495. The van der Waals surface area contributed by atoms with Crippen LogP contribution in [0, 0.1) is 6.92 Å². The molecule has 0 saturated heterocycles. The lowest BCUT2D eigenvalue weighted by molar-refractivity contribution is -0.115. The minimum Gasteiger partial charge on any atom is -0.399 e. The van der Waals surface area contributed by atoms with E-state index < -0.39 is 0 Å². The van der Waals surface area contributed by atoms with Crippen LogP contribution in [-0.2, 0) is 4.79 Å². The van der Waals surface area contributed by atoms with Gasteiger partial charge in [-0.05, 0) is 50.6 Å². The Morgan fingerprint density at radius 3 is 2.74 bits per heavy atom. The van der Waals surface area contributed by atoms with Crippen molar-refractivity contribution < 1.29 is 4.79 Å². The fraction of sp³-hybridized carbons (Fsp3) is 0.267. The van der Waals surface area contributed by atoms with Crippen LogP contribution in [0.1, 0.15) is 19.4 Å². The van der Waals surface area contributed by atoms with Crippen molar-refractivity contribution in [1.82, 2.24) is 4.90 Å². The summed E-state index contributed by atoms with van der Waals surface area (Å²) in [5, 5.41) is 0. The van der Waals surface area contributed by atoms with Crippen molar-refractivity contribution >= 4 is 23.9 Å². The Hall–Kier alpha value is -1.68. The zero-order valence-electron chi connectivity index (χ0n) is 11.6. The highest BCUT2D eigenvalue weighted by Crippen LogP contribution is 2.31. The zero-order chi connectivity index (χ0) is 14.3. The largest absolute Gasteiger partial charge is 0.399 e. The van der Waals surface area contributed by atoms with Gasteiger partial charge >= 0.3 is 0 Å². The van der Waals surface area contributed by atoms with Crippen LogP contribution < -0.4 is 5.73 Å². The fourth-order valence-electron chi connectivity index (χ4n) is 1.49. The number of thioether (sulfide) groups is 1. The molecule has 0 unspecified atom stereocenters. The van der Waals surface area contributed by atoms with Crippen molar-refractivity contribution in [3.63, 3.8) is 0 Å². The number of nitrogens with two attached hydrogens (primary N) is 1. The normalized spacial score (nSPS) is 11.8. The second-order valence-corrected chi connectivity index (χ2v) is 5.18. The van der Waals surface area contributed by atoms with E-state index in [4.69, 9.17) is 5.73 Å². The van der Waals surface area contributed by atoms with Gasteiger partial charge in [-0.15, -0.1) is 0 Å². The van der Waals surface area contributed by atoms with Gasteiger partial charge in [-0.25, -0.2) is 0 Å². The number of nitrogens with zero attached hydrogens (tertiary/aromatic N) is 1. The molecule has 0 aliphatic carbocycles. The van der Waals surface area contributed by atoms with E-state index in [1.54, 1.807) is 22.9 Å². The predicted octanol–water partition coefficient (Wildman–Crippen LogP) is 3.57. The summed E-state index contributed by atoms with van der Waals surface area (Å²) in [6.07, 6.45) is 6.58. The SMILES string of the molecule is C/C=C(\C=C/N(C=O)CC)Sc1ccc(N)cc1C. The molecule has 19 heavy (non-hydrogen) atoms. The average Bonchev–Trinajstić information content (AvgIpc) is 2.41. The number of hydrogen-bond acceptors (Lipinski definition) is 3. The molecule has 102 valence electrons. The van der Waals surface area contributed by atoms with E-state index in [9.17, 15) is 4.79 Å². The standard InChI is InChI=1S/C15H20N2OS/c1-4-14(8-9-17(5-2)11-18)19-15-7-6-13(16)10-12(15)3/h4,6-11H,5,16H2,1-3H3/b9-8-,14-4+. The smallest absolute Gasteiger partial charge is 0.213 e. The molecule has 0 bridgehead atoms. The third-order valence-corrected chi connectivity index (χ3v) is 3.93. The van der Waals surface area contributed by atoms with E-state index in [-0.39, 0.29) is 0 Å². The molecule has 0 aromatic heterocycles.